The number of aryl methyl sites for hydroxylation is 2. The maximum Gasteiger partial charge on any atom is 0.273 e. The second-order valence-electron chi connectivity index (χ2n) is 6.22. The van der Waals surface area contributed by atoms with E-state index in [2.05, 4.69) is 25.6 Å². The number of nitrogens with one attached hydrogen (secondary N) is 2. The number of hydrogen-bond donors (Lipinski definition) is 2. The van der Waals surface area contributed by atoms with E-state index in [9.17, 15) is 4.79 Å². The summed E-state index contributed by atoms with van der Waals surface area (Å²) in [6.45, 7) is 3.97. The highest BCUT2D eigenvalue weighted by molar-refractivity contribution is 6.03. The molecule has 3 heterocycles. The molecule has 0 unspecified atom stereocenters. The zero-order chi connectivity index (χ0) is 18.8. The molecule has 0 atom stereocenters. The number of nitrogens with zero attached hydrogens (tertiary/aromatic N) is 4. The van der Waals surface area contributed by atoms with Gasteiger partial charge in [-0.2, -0.15) is 10.2 Å². The molecule has 0 aliphatic rings. The van der Waals surface area contributed by atoms with Crippen molar-refractivity contribution < 1.29 is 4.79 Å². The van der Waals surface area contributed by atoms with E-state index in [1.54, 1.807) is 12.3 Å². The Kier molecular flexibility index (Phi) is 4.25. The molecule has 0 bridgehead atoms. The van der Waals surface area contributed by atoms with E-state index in [0.29, 0.717) is 22.8 Å². The van der Waals surface area contributed by atoms with Crippen molar-refractivity contribution in [2.45, 2.75) is 13.8 Å². The third kappa shape index (κ3) is 3.48. The Morgan fingerprint density at radius 3 is 2.52 bits per heavy atom. The van der Waals surface area contributed by atoms with Gasteiger partial charge in [-0.3, -0.25) is 14.9 Å². The summed E-state index contributed by atoms with van der Waals surface area (Å²) >= 11 is 0. The largest absolute Gasteiger partial charge is 0.321 e. The topological polar surface area (TPSA) is 88.5 Å². The minimum absolute atomic E-state index is 0.261. The molecule has 4 aromatic rings. The number of carbonyl (C=O) groups is 1. The highest BCUT2D eigenvalue weighted by Gasteiger charge is 2.12. The maximum atomic E-state index is 12.5. The predicted octanol–water partition coefficient (Wildman–Crippen LogP) is 3.53. The molecule has 0 fully saturated rings. The maximum absolute atomic E-state index is 12.5. The Balaban J connectivity index is 1.49. The number of benzene rings is 1. The van der Waals surface area contributed by atoms with Crippen molar-refractivity contribution in [1.82, 2.24) is 25.0 Å². The Morgan fingerprint density at radius 1 is 1.04 bits per heavy atom. The average molecular weight is 358 g/mol. The van der Waals surface area contributed by atoms with Gasteiger partial charge in [-0.1, -0.05) is 6.07 Å². The van der Waals surface area contributed by atoms with Crippen molar-refractivity contribution in [2.75, 3.05) is 5.32 Å². The van der Waals surface area contributed by atoms with E-state index < -0.39 is 0 Å². The lowest BCUT2D eigenvalue weighted by atomic mass is 10.2. The lowest BCUT2D eigenvalue weighted by Gasteiger charge is -2.07. The molecule has 0 radical (unpaired) electrons. The Labute approximate surface area is 156 Å². The van der Waals surface area contributed by atoms with Gasteiger partial charge in [0.15, 0.2) is 0 Å². The van der Waals surface area contributed by atoms with Crippen molar-refractivity contribution in [2.24, 2.45) is 0 Å². The van der Waals surface area contributed by atoms with Crippen LogP contribution in [0, 0.1) is 13.8 Å². The van der Waals surface area contributed by atoms with Gasteiger partial charge >= 0.3 is 0 Å². The molecule has 4 rings (SSSR count). The molecule has 2 N–H and O–H groups in total. The van der Waals surface area contributed by atoms with Crippen molar-refractivity contribution in [3.8, 4) is 17.1 Å². The molecule has 27 heavy (non-hydrogen) atoms. The van der Waals surface area contributed by atoms with Gasteiger partial charge in [0.1, 0.15) is 11.4 Å². The number of aromatic nitrogens is 5. The smallest absolute Gasteiger partial charge is 0.273 e. The zero-order valence-corrected chi connectivity index (χ0v) is 15.0. The van der Waals surface area contributed by atoms with E-state index in [4.69, 9.17) is 0 Å². The highest BCUT2D eigenvalue weighted by atomic mass is 16.1. The fraction of sp³-hybridized carbons (Fsp3) is 0.100. The summed E-state index contributed by atoms with van der Waals surface area (Å²) in [6.07, 6.45) is 1.69. The van der Waals surface area contributed by atoms with Crippen LogP contribution < -0.4 is 5.32 Å². The van der Waals surface area contributed by atoms with E-state index in [1.165, 1.54) is 0 Å². The van der Waals surface area contributed by atoms with Crippen molar-refractivity contribution in [1.29, 1.82) is 0 Å². The predicted molar refractivity (Wildman–Crippen MR) is 103 cm³/mol. The van der Waals surface area contributed by atoms with Gasteiger partial charge in [-0.05, 0) is 62.4 Å². The molecule has 3 aromatic heterocycles. The second-order valence-corrected chi connectivity index (χ2v) is 6.22. The molecule has 1 aromatic carbocycles. The molecule has 134 valence electrons. The Bertz CT molecular complexity index is 1080. The zero-order valence-electron chi connectivity index (χ0n) is 15.0. The van der Waals surface area contributed by atoms with Crippen molar-refractivity contribution in [3.05, 3.63) is 77.9 Å². The molecule has 7 nitrogen and oxygen atoms in total. The summed E-state index contributed by atoms with van der Waals surface area (Å²) in [4.78, 5) is 16.7. The van der Waals surface area contributed by atoms with Gasteiger partial charge < -0.3 is 5.32 Å². The van der Waals surface area contributed by atoms with Crippen LogP contribution in [0.5, 0.6) is 0 Å². The molecule has 1 amide bonds. The van der Waals surface area contributed by atoms with Crippen molar-refractivity contribution >= 4 is 11.6 Å². The van der Waals surface area contributed by atoms with Gasteiger partial charge in [0.2, 0.25) is 0 Å². The monoisotopic (exact) mass is 358 g/mol. The molecule has 0 saturated carbocycles. The number of carbonyl (C=O) groups excluding carboxylic acids is 1. The normalized spacial score (nSPS) is 10.7. The van der Waals surface area contributed by atoms with Crippen LogP contribution in [0.3, 0.4) is 0 Å². The van der Waals surface area contributed by atoms with Gasteiger partial charge in [-0.25, -0.2) is 4.68 Å². The minimum atomic E-state index is -0.261. The first-order chi connectivity index (χ1) is 13.1. The van der Waals surface area contributed by atoms with Crippen LogP contribution in [0.15, 0.2) is 60.8 Å². The summed E-state index contributed by atoms with van der Waals surface area (Å²) < 4.78 is 1.87. The van der Waals surface area contributed by atoms with E-state index in [-0.39, 0.29) is 5.91 Å². The Hall–Kier alpha value is -3.74. The van der Waals surface area contributed by atoms with Crippen LogP contribution in [0.2, 0.25) is 0 Å². The summed E-state index contributed by atoms with van der Waals surface area (Å²) in [5, 5.41) is 14.2. The van der Waals surface area contributed by atoms with E-state index in [1.807, 2.05) is 67.1 Å². The van der Waals surface area contributed by atoms with Crippen LogP contribution in [-0.4, -0.2) is 30.9 Å². The molecular weight excluding hydrogens is 340 g/mol. The van der Waals surface area contributed by atoms with Crippen LogP contribution in [0.4, 0.5) is 5.69 Å². The van der Waals surface area contributed by atoms with Crippen LogP contribution in [0.1, 0.15) is 21.9 Å². The summed E-state index contributed by atoms with van der Waals surface area (Å²) in [7, 11) is 0. The molecule has 0 aliphatic heterocycles. The second kappa shape index (κ2) is 6.87. The molecule has 7 heteroatoms. The first kappa shape index (κ1) is 16.7. The quantitative estimate of drug-likeness (QED) is 0.584. The van der Waals surface area contributed by atoms with E-state index in [0.717, 1.165) is 17.1 Å². The Morgan fingerprint density at radius 2 is 1.85 bits per heavy atom. The van der Waals surface area contributed by atoms with E-state index >= 15 is 0 Å². The number of aromatic amines is 1. The number of pyridine rings is 1. The number of rotatable bonds is 4. The number of amides is 1. The first-order valence-electron chi connectivity index (χ1n) is 8.52. The van der Waals surface area contributed by atoms with Gasteiger partial charge in [0, 0.05) is 17.6 Å². The van der Waals surface area contributed by atoms with Crippen LogP contribution in [0.25, 0.3) is 17.1 Å². The van der Waals surface area contributed by atoms with Crippen LogP contribution in [-0.2, 0) is 0 Å². The first-order valence-corrected chi connectivity index (χ1v) is 8.52. The number of hydrogen-bond acceptors (Lipinski definition) is 4. The average Bonchev–Trinajstić information content (AvgIpc) is 3.30. The van der Waals surface area contributed by atoms with Gasteiger partial charge in [-0.15, -0.1) is 0 Å². The molecule has 0 saturated heterocycles. The van der Waals surface area contributed by atoms with Crippen molar-refractivity contribution in [3.63, 3.8) is 0 Å². The highest BCUT2D eigenvalue weighted by Crippen LogP contribution is 2.18. The third-order valence-electron chi connectivity index (χ3n) is 4.13. The summed E-state index contributed by atoms with van der Waals surface area (Å²) in [5.74, 6) is -0.261. The molecule has 0 spiro atoms. The lowest BCUT2D eigenvalue weighted by Crippen LogP contribution is -2.12. The lowest BCUT2D eigenvalue weighted by molar-refractivity contribution is 0.102. The molecular formula is C20H18N6O. The minimum Gasteiger partial charge on any atom is -0.321 e. The van der Waals surface area contributed by atoms with Gasteiger partial charge in [0.25, 0.3) is 5.91 Å². The van der Waals surface area contributed by atoms with Gasteiger partial charge in [0.05, 0.1) is 17.1 Å². The fourth-order valence-corrected chi connectivity index (χ4v) is 2.86. The third-order valence-corrected chi connectivity index (χ3v) is 4.13. The summed E-state index contributed by atoms with van der Waals surface area (Å²) in [5.41, 5.74) is 5.37. The standard InChI is InChI=1S/C20H18N6O/c1-13-11-14(2)26(25-13)16-8-6-15(7-9-16)22-20(27)19-12-18(23-24-19)17-5-3-4-10-21-17/h3-12H,1-2H3,(H,22,27)(H,23,24). The molecule has 0 aliphatic carbocycles. The summed E-state index contributed by atoms with van der Waals surface area (Å²) in [6, 6.07) is 16.8. The SMILES string of the molecule is Cc1cc(C)n(-c2ccc(NC(=O)c3cc(-c4ccccn4)n[nH]3)cc2)n1. The fourth-order valence-electron chi connectivity index (χ4n) is 2.86. The number of H-pyrrole nitrogens is 1. The van der Waals surface area contributed by atoms with Crippen LogP contribution >= 0.6 is 0 Å². The number of anilines is 1.